The second-order valence-electron chi connectivity index (χ2n) is 7.02. The SMILES string of the molecule is N#Cc1ccccc1S(=O)n1ccc2cnc(Nc3ccc4c(c3)CCC(=O)N4)nc21. The van der Waals surface area contributed by atoms with E-state index in [1.165, 1.54) is 3.97 Å². The van der Waals surface area contributed by atoms with Crippen molar-refractivity contribution in [2.75, 3.05) is 10.6 Å². The van der Waals surface area contributed by atoms with Gasteiger partial charge < -0.3 is 10.6 Å². The molecule has 2 aromatic heterocycles. The highest BCUT2D eigenvalue weighted by molar-refractivity contribution is 7.83. The van der Waals surface area contributed by atoms with Crippen LogP contribution < -0.4 is 10.6 Å². The number of aromatic nitrogens is 3. The summed E-state index contributed by atoms with van der Waals surface area (Å²) in [5, 5.41) is 16.1. The van der Waals surface area contributed by atoms with Crippen LogP contribution in [-0.2, 0) is 22.2 Å². The van der Waals surface area contributed by atoms with Gasteiger partial charge >= 0.3 is 0 Å². The lowest BCUT2D eigenvalue weighted by molar-refractivity contribution is -0.116. The van der Waals surface area contributed by atoms with Crippen molar-refractivity contribution in [2.24, 2.45) is 0 Å². The normalized spacial score (nSPS) is 13.8. The van der Waals surface area contributed by atoms with Gasteiger partial charge in [-0.15, -0.1) is 0 Å². The molecule has 1 unspecified atom stereocenters. The molecule has 9 heteroatoms. The molecule has 3 heterocycles. The van der Waals surface area contributed by atoms with Crippen LogP contribution in [0.15, 0.2) is 65.8 Å². The van der Waals surface area contributed by atoms with E-state index in [1.54, 1.807) is 42.7 Å². The number of carbonyl (C=O) groups is 1. The molecule has 0 bridgehead atoms. The molecule has 0 saturated carbocycles. The molecule has 1 atom stereocenters. The van der Waals surface area contributed by atoms with Crippen LogP contribution in [0.25, 0.3) is 11.0 Å². The van der Waals surface area contributed by atoms with Crippen molar-refractivity contribution < 1.29 is 9.00 Å². The summed E-state index contributed by atoms with van der Waals surface area (Å²) < 4.78 is 14.7. The number of aryl methyl sites for hydroxylation is 1. The third kappa shape index (κ3) is 3.53. The molecule has 1 amide bonds. The van der Waals surface area contributed by atoms with E-state index in [0.29, 0.717) is 34.9 Å². The van der Waals surface area contributed by atoms with E-state index < -0.39 is 11.0 Å². The molecule has 0 spiro atoms. The fourth-order valence-corrected chi connectivity index (χ4v) is 4.68. The van der Waals surface area contributed by atoms with Crippen molar-refractivity contribution in [3.05, 3.63) is 72.1 Å². The van der Waals surface area contributed by atoms with Gasteiger partial charge in [-0.05, 0) is 48.4 Å². The molecule has 4 aromatic rings. The van der Waals surface area contributed by atoms with Gasteiger partial charge in [0.1, 0.15) is 6.07 Å². The Morgan fingerprint density at radius 1 is 1.16 bits per heavy atom. The zero-order valence-electron chi connectivity index (χ0n) is 16.2. The minimum atomic E-state index is -1.63. The lowest BCUT2D eigenvalue weighted by atomic mass is 10.0. The molecule has 2 N–H and O–H groups in total. The summed E-state index contributed by atoms with van der Waals surface area (Å²) in [5.74, 6) is 0.381. The lowest BCUT2D eigenvalue weighted by Crippen LogP contribution is -2.18. The average molecular weight is 428 g/mol. The second-order valence-corrected chi connectivity index (χ2v) is 8.35. The Kier molecular flexibility index (Phi) is 4.69. The predicted molar refractivity (Wildman–Crippen MR) is 117 cm³/mol. The van der Waals surface area contributed by atoms with Gasteiger partial charge in [-0.2, -0.15) is 10.2 Å². The number of anilines is 3. The van der Waals surface area contributed by atoms with E-state index in [-0.39, 0.29) is 5.91 Å². The summed E-state index contributed by atoms with van der Waals surface area (Å²) in [4.78, 5) is 20.9. The van der Waals surface area contributed by atoms with E-state index in [1.807, 2.05) is 18.2 Å². The number of carbonyl (C=O) groups excluding carboxylic acids is 1. The van der Waals surface area contributed by atoms with Gasteiger partial charge in [0.2, 0.25) is 11.9 Å². The zero-order chi connectivity index (χ0) is 21.4. The molecule has 1 aliphatic heterocycles. The van der Waals surface area contributed by atoms with Gasteiger partial charge in [0, 0.05) is 35.6 Å². The number of amides is 1. The Bertz CT molecular complexity index is 1400. The molecule has 31 heavy (non-hydrogen) atoms. The first kappa shape index (κ1) is 19.0. The maximum absolute atomic E-state index is 13.2. The van der Waals surface area contributed by atoms with Crippen LogP contribution >= 0.6 is 0 Å². The molecule has 0 fully saturated rings. The summed E-state index contributed by atoms with van der Waals surface area (Å²) in [6.07, 6.45) is 4.47. The van der Waals surface area contributed by atoms with Crippen LogP contribution in [-0.4, -0.2) is 24.1 Å². The first-order chi connectivity index (χ1) is 15.1. The highest BCUT2D eigenvalue weighted by Gasteiger charge is 2.17. The van der Waals surface area contributed by atoms with Crippen LogP contribution in [0.1, 0.15) is 17.5 Å². The number of nitriles is 1. The Labute approximate surface area is 180 Å². The number of benzene rings is 2. The Balaban J connectivity index is 1.48. The van der Waals surface area contributed by atoms with Gasteiger partial charge in [-0.25, -0.2) is 13.2 Å². The fraction of sp³-hybridized carbons (Fsp3) is 0.0909. The minimum absolute atomic E-state index is 0.0220. The Morgan fingerprint density at radius 2 is 2.03 bits per heavy atom. The van der Waals surface area contributed by atoms with Crippen LogP contribution in [0, 0.1) is 11.3 Å². The van der Waals surface area contributed by atoms with E-state index in [9.17, 15) is 14.3 Å². The van der Waals surface area contributed by atoms with Gasteiger partial charge in [-0.1, -0.05) is 12.1 Å². The van der Waals surface area contributed by atoms with Gasteiger partial charge in [-0.3, -0.25) is 4.79 Å². The molecule has 2 aromatic carbocycles. The molecular formula is C22H16N6O2S. The first-order valence-electron chi connectivity index (χ1n) is 9.58. The van der Waals surface area contributed by atoms with E-state index >= 15 is 0 Å². The van der Waals surface area contributed by atoms with Crippen LogP contribution in [0.2, 0.25) is 0 Å². The van der Waals surface area contributed by atoms with E-state index in [0.717, 1.165) is 22.3 Å². The molecule has 152 valence electrons. The Hall–Kier alpha value is -4.03. The number of nitrogens with zero attached hydrogens (tertiary/aromatic N) is 4. The molecule has 0 aliphatic carbocycles. The van der Waals surface area contributed by atoms with E-state index in [2.05, 4.69) is 26.7 Å². The topological polar surface area (TPSA) is 113 Å². The van der Waals surface area contributed by atoms with Crippen molar-refractivity contribution in [2.45, 2.75) is 17.7 Å². The quantitative estimate of drug-likeness (QED) is 0.514. The highest BCUT2D eigenvalue weighted by atomic mass is 32.2. The van der Waals surface area contributed by atoms with E-state index in [4.69, 9.17) is 0 Å². The number of nitrogens with one attached hydrogen (secondary N) is 2. The smallest absolute Gasteiger partial charge is 0.229 e. The monoisotopic (exact) mass is 428 g/mol. The van der Waals surface area contributed by atoms with Crippen molar-refractivity contribution >= 4 is 45.2 Å². The van der Waals surface area contributed by atoms with Crippen molar-refractivity contribution in [3.63, 3.8) is 0 Å². The average Bonchev–Trinajstić information content (AvgIpc) is 3.22. The first-order valence-corrected chi connectivity index (χ1v) is 10.7. The van der Waals surface area contributed by atoms with Crippen LogP contribution in [0.5, 0.6) is 0 Å². The highest BCUT2D eigenvalue weighted by Crippen LogP contribution is 2.27. The summed E-state index contributed by atoms with van der Waals surface area (Å²) in [7, 11) is -1.63. The maximum Gasteiger partial charge on any atom is 0.229 e. The molecular weight excluding hydrogens is 412 g/mol. The van der Waals surface area contributed by atoms with Crippen LogP contribution in [0.3, 0.4) is 0 Å². The lowest BCUT2D eigenvalue weighted by Gasteiger charge is -2.17. The Morgan fingerprint density at radius 3 is 2.90 bits per heavy atom. The number of hydrogen-bond donors (Lipinski definition) is 2. The van der Waals surface area contributed by atoms with Gasteiger partial charge in [0.05, 0.1) is 10.5 Å². The van der Waals surface area contributed by atoms with Crippen molar-refractivity contribution in [3.8, 4) is 6.07 Å². The molecule has 5 rings (SSSR count). The molecule has 0 radical (unpaired) electrons. The van der Waals surface area contributed by atoms with Crippen molar-refractivity contribution in [1.82, 2.24) is 13.9 Å². The van der Waals surface area contributed by atoms with Gasteiger partial charge in [0.25, 0.3) is 0 Å². The maximum atomic E-state index is 13.2. The second kappa shape index (κ2) is 7.66. The standard InChI is InChI=1S/C22H16N6O2S/c23-12-15-3-1-2-4-19(15)31(30)28-10-9-16-13-24-22(27-21(16)28)25-17-6-7-18-14(11-17)5-8-20(29)26-18/h1-4,6-7,9-11,13H,5,8H2,(H,26,29)(H,24,25,27). The summed E-state index contributed by atoms with van der Waals surface area (Å²) in [5.41, 5.74) is 3.51. The molecule has 0 saturated heterocycles. The third-order valence-electron chi connectivity index (χ3n) is 5.03. The summed E-state index contributed by atoms with van der Waals surface area (Å²) in [6.45, 7) is 0. The molecule has 8 nitrogen and oxygen atoms in total. The van der Waals surface area contributed by atoms with Gasteiger partial charge in [0.15, 0.2) is 16.6 Å². The minimum Gasteiger partial charge on any atom is -0.326 e. The zero-order valence-corrected chi connectivity index (χ0v) is 17.0. The molecule has 1 aliphatic rings. The third-order valence-corrected chi connectivity index (χ3v) is 6.41. The van der Waals surface area contributed by atoms with Crippen molar-refractivity contribution in [1.29, 1.82) is 5.26 Å². The van der Waals surface area contributed by atoms with Crippen LogP contribution in [0.4, 0.5) is 17.3 Å². The number of rotatable bonds is 4. The fourth-order valence-electron chi connectivity index (χ4n) is 3.50. The number of hydrogen-bond acceptors (Lipinski definition) is 6. The predicted octanol–water partition coefficient (Wildman–Crippen LogP) is 3.50. The number of fused-ring (bicyclic) bond motifs is 2. The summed E-state index contributed by atoms with van der Waals surface area (Å²) in [6, 6.07) is 16.3. The largest absolute Gasteiger partial charge is 0.326 e. The summed E-state index contributed by atoms with van der Waals surface area (Å²) >= 11 is 0.